The second kappa shape index (κ2) is 16.8. The van der Waals surface area contributed by atoms with E-state index in [0.717, 1.165) is 73.5 Å². The van der Waals surface area contributed by atoms with E-state index < -0.39 is 0 Å². The van der Waals surface area contributed by atoms with Crippen molar-refractivity contribution in [3.05, 3.63) is 65.1 Å². The van der Waals surface area contributed by atoms with Crippen LogP contribution in [0.3, 0.4) is 0 Å². The molecule has 1 fully saturated rings. The minimum Gasteiger partial charge on any atom is -0.387 e. The first-order chi connectivity index (χ1) is 18.9. The monoisotopic (exact) mass is 535 g/mol. The molecule has 0 radical (unpaired) electrons. The fraction of sp³-hybridized carbons (Fsp3) is 0.545. The molecule has 1 aliphatic carbocycles. The van der Waals surface area contributed by atoms with Crippen LogP contribution in [-0.4, -0.2) is 30.8 Å². The summed E-state index contributed by atoms with van der Waals surface area (Å²) in [6.45, 7) is 17.5. The molecule has 2 N–H and O–H groups in total. The number of carbonyl (C=O) groups is 1. The minimum atomic E-state index is -0.132. The van der Waals surface area contributed by atoms with Crippen LogP contribution in [0.1, 0.15) is 106 Å². The molecule has 6 nitrogen and oxygen atoms in total. The summed E-state index contributed by atoms with van der Waals surface area (Å²) in [5.74, 6) is 6.47. The molecule has 0 saturated heterocycles. The highest BCUT2D eigenvalue weighted by Crippen LogP contribution is 2.46. The van der Waals surface area contributed by atoms with Crippen molar-refractivity contribution in [2.45, 2.75) is 98.3 Å². The number of unbranched alkanes of at least 4 members (excludes halogenated alkanes) is 2. The van der Waals surface area contributed by atoms with Gasteiger partial charge in [0.25, 0.3) is 5.91 Å². The van der Waals surface area contributed by atoms with Crippen molar-refractivity contribution in [1.29, 1.82) is 0 Å². The molecule has 39 heavy (non-hydrogen) atoms. The summed E-state index contributed by atoms with van der Waals surface area (Å²) in [5.41, 5.74) is 5.39. The zero-order valence-corrected chi connectivity index (χ0v) is 25.0. The molecule has 1 aromatic carbocycles. The third-order valence-electron chi connectivity index (χ3n) is 6.79. The number of hydrogen-bond donors (Lipinski definition) is 2. The highest BCUT2D eigenvalue weighted by molar-refractivity contribution is 6.07. The predicted octanol–water partition coefficient (Wildman–Crippen LogP) is 7.30. The largest absolute Gasteiger partial charge is 0.387 e. The molecule has 0 atom stereocenters. The Labute approximate surface area is 236 Å². The number of rotatable bonds is 14. The van der Waals surface area contributed by atoms with Crippen LogP contribution in [0.5, 0.6) is 0 Å². The van der Waals surface area contributed by atoms with Gasteiger partial charge in [0, 0.05) is 55.8 Å². The van der Waals surface area contributed by atoms with Crippen molar-refractivity contribution < 1.29 is 14.3 Å². The molecule has 6 heteroatoms. The molecule has 1 aromatic heterocycles. The summed E-state index contributed by atoms with van der Waals surface area (Å²) in [4.78, 5) is 13.5. The van der Waals surface area contributed by atoms with E-state index in [2.05, 4.69) is 68.2 Å². The van der Waals surface area contributed by atoms with Crippen LogP contribution in [0.15, 0.2) is 37.0 Å². The Hall–Kier alpha value is -3.01. The SMILES string of the molecule is C=CNCc1c(C(=O)Nc2ccc(COC)cc2)c(C#CCCC)n(C2(C)CC2)c1C.CCCCOCCC. The summed E-state index contributed by atoms with van der Waals surface area (Å²) >= 11 is 0. The lowest BCUT2D eigenvalue weighted by Gasteiger charge is -2.16. The summed E-state index contributed by atoms with van der Waals surface area (Å²) in [7, 11) is 1.67. The fourth-order valence-electron chi connectivity index (χ4n) is 4.38. The van der Waals surface area contributed by atoms with E-state index in [4.69, 9.17) is 9.47 Å². The van der Waals surface area contributed by atoms with E-state index in [0.29, 0.717) is 18.7 Å². The predicted molar refractivity (Wildman–Crippen MR) is 162 cm³/mol. The van der Waals surface area contributed by atoms with Crippen molar-refractivity contribution in [1.82, 2.24) is 9.88 Å². The van der Waals surface area contributed by atoms with E-state index in [1.54, 1.807) is 13.3 Å². The third-order valence-corrected chi connectivity index (χ3v) is 6.79. The Bertz CT molecular complexity index is 1100. The van der Waals surface area contributed by atoms with Crippen LogP contribution in [0.2, 0.25) is 0 Å². The topological polar surface area (TPSA) is 64.5 Å². The van der Waals surface area contributed by atoms with Gasteiger partial charge in [-0.05, 0) is 75.8 Å². The number of aromatic nitrogens is 1. The van der Waals surface area contributed by atoms with Crippen molar-refractivity contribution in [3.8, 4) is 11.8 Å². The van der Waals surface area contributed by atoms with Crippen molar-refractivity contribution in [3.63, 3.8) is 0 Å². The highest BCUT2D eigenvalue weighted by atomic mass is 16.5. The van der Waals surface area contributed by atoms with E-state index in [-0.39, 0.29) is 11.4 Å². The molecule has 1 heterocycles. The van der Waals surface area contributed by atoms with Gasteiger partial charge in [0.1, 0.15) is 5.69 Å². The summed E-state index contributed by atoms with van der Waals surface area (Å²) in [5, 5.41) is 6.25. The molecule has 2 aromatic rings. The molecule has 0 aliphatic heterocycles. The Morgan fingerprint density at radius 3 is 2.41 bits per heavy atom. The first-order valence-corrected chi connectivity index (χ1v) is 14.4. The van der Waals surface area contributed by atoms with Gasteiger partial charge in [-0.1, -0.05) is 51.8 Å². The molecule has 1 aliphatic rings. The van der Waals surface area contributed by atoms with Crippen LogP contribution in [0.4, 0.5) is 5.69 Å². The Morgan fingerprint density at radius 1 is 1.13 bits per heavy atom. The number of anilines is 1. The van der Waals surface area contributed by atoms with Crippen LogP contribution in [0, 0.1) is 18.8 Å². The number of nitrogens with one attached hydrogen (secondary N) is 2. The van der Waals surface area contributed by atoms with Gasteiger partial charge >= 0.3 is 0 Å². The van der Waals surface area contributed by atoms with Crippen molar-refractivity contribution >= 4 is 11.6 Å². The number of hydrogen-bond acceptors (Lipinski definition) is 4. The van der Waals surface area contributed by atoms with Crippen LogP contribution >= 0.6 is 0 Å². The van der Waals surface area contributed by atoms with Crippen LogP contribution in [0.25, 0.3) is 0 Å². The molecule has 0 bridgehead atoms. The Balaban J connectivity index is 0.000000580. The number of ether oxygens (including phenoxy) is 2. The molecule has 3 rings (SSSR count). The van der Waals surface area contributed by atoms with Gasteiger partial charge in [0.2, 0.25) is 0 Å². The number of amides is 1. The summed E-state index contributed by atoms with van der Waals surface area (Å²) < 4.78 is 12.7. The lowest BCUT2D eigenvalue weighted by atomic mass is 10.1. The molecule has 1 amide bonds. The smallest absolute Gasteiger partial charge is 0.258 e. The normalized spacial score (nSPS) is 13.0. The zero-order chi connectivity index (χ0) is 28.7. The highest BCUT2D eigenvalue weighted by Gasteiger charge is 2.43. The molecule has 0 unspecified atom stereocenters. The molecule has 0 spiro atoms. The maximum absolute atomic E-state index is 13.5. The second-order valence-corrected chi connectivity index (χ2v) is 10.3. The van der Waals surface area contributed by atoms with Gasteiger partial charge in [0.15, 0.2) is 0 Å². The number of methoxy groups -OCH3 is 1. The van der Waals surface area contributed by atoms with Crippen LogP contribution < -0.4 is 10.6 Å². The number of carbonyl (C=O) groups excluding carboxylic acids is 1. The maximum atomic E-state index is 13.5. The van der Waals surface area contributed by atoms with Crippen molar-refractivity contribution in [2.24, 2.45) is 0 Å². The van der Waals surface area contributed by atoms with E-state index in [1.807, 2.05) is 24.3 Å². The van der Waals surface area contributed by atoms with E-state index >= 15 is 0 Å². The quantitative estimate of drug-likeness (QED) is 0.197. The molecular formula is C33H49N3O3. The zero-order valence-electron chi connectivity index (χ0n) is 25.0. The van der Waals surface area contributed by atoms with Gasteiger partial charge in [0.05, 0.1) is 12.2 Å². The number of nitrogens with zero attached hydrogens (tertiary/aromatic N) is 1. The van der Waals surface area contributed by atoms with Gasteiger partial charge in [-0.25, -0.2) is 0 Å². The second-order valence-electron chi connectivity index (χ2n) is 10.3. The first kappa shape index (κ1) is 32.2. The average Bonchev–Trinajstić information content (AvgIpc) is 3.60. The fourth-order valence-corrected chi connectivity index (χ4v) is 4.38. The Morgan fingerprint density at radius 2 is 1.85 bits per heavy atom. The molecule has 214 valence electrons. The summed E-state index contributed by atoms with van der Waals surface area (Å²) in [6.07, 6.45) is 9.25. The van der Waals surface area contributed by atoms with E-state index in [1.165, 1.54) is 12.8 Å². The average molecular weight is 536 g/mol. The lowest BCUT2D eigenvalue weighted by Crippen LogP contribution is -2.18. The van der Waals surface area contributed by atoms with Crippen molar-refractivity contribution in [2.75, 3.05) is 25.6 Å². The standard InChI is InChI=1S/C26H33N3O2.C7H16O/c1-6-8-9-10-23-24(25(30)28-21-13-11-20(12-14-21)18-31-5)22(17-27-7-2)19(3)29(23)26(4)15-16-26;1-3-5-7-8-6-4-2/h7,11-14,27H,2,6,8,15-18H2,1,3-5H3,(H,28,30);3-7H2,1-2H3. The minimum absolute atomic E-state index is 0.0313. The first-order valence-electron chi connectivity index (χ1n) is 14.4. The Kier molecular flexibility index (Phi) is 13.9. The summed E-state index contributed by atoms with van der Waals surface area (Å²) in [6, 6.07) is 7.73. The van der Waals surface area contributed by atoms with Gasteiger partial charge in [-0.15, -0.1) is 0 Å². The van der Waals surface area contributed by atoms with Gasteiger partial charge < -0.3 is 24.7 Å². The van der Waals surface area contributed by atoms with E-state index in [9.17, 15) is 4.79 Å². The third kappa shape index (κ3) is 9.60. The number of benzene rings is 1. The van der Waals surface area contributed by atoms with Crippen LogP contribution in [-0.2, 0) is 28.2 Å². The molecular weight excluding hydrogens is 486 g/mol. The molecule has 1 saturated carbocycles. The maximum Gasteiger partial charge on any atom is 0.258 e. The van der Waals surface area contributed by atoms with Gasteiger partial charge in [-0.2, -0.15) is 0 Å². The lowest BCUT2D eigenvalue weighted by molar-refractivity contribution is 0.102. The van der Waals surface area contributed by atoms with Gasteiger partial charge in [-0.3, -0.25) is 4.79 Å².